The highest BCUT2D eigenvalue weighted by molar-refractivity contribution is 5.68. The first kappa shape index (κ1) is 20.1. The number of aromatic nitrogens is 2. The molecule has 0 saturated heterocycles. The summed E-state index contributed by atoms with van der Waals surface area (Å²) in [4.78, 5) is 4.36. The molecule has 30 heavy (non-hydrogen) atoms. The third kappa shape index (κ3) is 4.87. The number of nitrogens with one attached hydrogen (secondary N) is 1. The monoisotopic (exact) mass is 396 g/mol. The molecule has 0 spiro atoms. The highest BCUT2D eigenvalue weighted by Gasteiger charge is 2.15. The van der Waals surface area contributed by atoms with Crippen LogP contribution in [-0.4, -0.2) is 15.6 Å². The minimum absolute atomic E-state index is 0.375. The molecule has 4 heteroatoms. The number of imidazole rings is 1. The van der Waals surface area contributed by atoms with Crippen LogP contribution in [0, 0.1) is 18.3 Å². The lowest BCUT2D eigenvalue weighted by Crippen LogP contribution is -2.27. The van der Waals surface area contributed by atoms with E-state index in [-0.39, 0.29) is 0 Å². The zero-order valence-corrected chi connectivity index (χ0v) is 17.5. The van der Waals surface area contributed by atoms with E-state index < -0.39 is 0 Å². The summed E-state index contributed by atoms with van der Waals surface area (Å²) >= 11 is 0. The summed E-state index contributed by atoms with van der Waals surface area (Å²) in [7, 11) is 0. The smallest absolute Gasteiger partial charge is 0.0991 e. The Balaban J connectivity index is 1.44. The largest absolute Gasteiger partial charge is 0.329 e. The Kier molecular flexibility index (Phi) is 6.41. The van der Waals surface area contributed by atoms with Gasteiger partial charge in [-0.2, -0.15) is 5.26 Å². The van der Waals surface area contributed by atoms with E-state index >= 15 is 0 Å². The number of allylic oxidation sites excluding steroid dienone is 1. The Bertz CT molecular complexity index is 1050. The summed E-state index contributed by atoms with van der Waals surface area (Å²) < 4.78 is 2.18. The molecule has 1 aromatic heterocycles. The lowest BCUT2D eigenvalue weighted by atomic mass is 9.97. The Morgan fingerprint density at radius 3 is 2.77 bits per heavy atom. The van der Waals surface area contributed by atoms with E-state index in [1.54, 1.807) is 0 Å². The summed E-state index contributed by atoms with van der Waals surface area (Å²) in [6, 6.07) is 19.0. The highest BCUT2D eigenvalue weighted by atomic mass is 15.1. The lowest BCUT2D eigenvalue weighted by molar-refractivity contribution is 0.525. The number of rotatable bonds is 6. The fourth-order valence-electron chi connectivity index (χ4n) is 4.16. The fraction of sp³-hybridized carbons (Fsp3) is 0.308. The van der Waals surface area contributed by atoms with E-state index in [0.29, 0.717) is 11.6 Å². The second kappa shape index (κ2) is 9.56. The van der Waals surface area contributed by atoms with Gasteiger partial charge < -0.3 is 9.88 Å². The second-order valence-corrected chi connectivity index (χ2v) is 8.06. The van der Waals surface area contributed by atoms with Crippen LogP contribution in [0.3, 0.4) is 0 Å². The Labute approximate surface area is 178 Å². The highest BCUT2D eigenvalue weighted by Crippen LogP contribution is 2.28. The molecule has 1 unspecified atom stereocenters. The van der Waals surface area contributed by atoms with E-state index in [2.05, 4.69) is 58.2 Å². The SMILES string of the molecule is Cc1ccccc1C1=CC(NCc2cncn2Cc2ccc(C#N)cc2)CCCC1. The standard InChI is InChI=1S/C26H28N4/c1-20-6-2-5-9-26(20)23-7-3-4-8-24(14-23)29-17-25-16-28-19-30(25)18-22-12-10-21(15-27)11-13-22/h2,5-6,9-14,16,19,24,29H,3-4,7-8,17-18H2,1H3. The molecule has 4 nitrogen and oxygen atoms in total. The normalized spacial score (nSPS) is 16.5. The first-order valence-electron chi connectivity index (χ1n) is 10.7. The van der Waals surface area contributed by atoms with Gasteiger partial charge in [-0.3, -0.25) is 0 Å². The van der Waals surface area contributed by atoms with Gasteiger partial charge in [-0.05, 0) is 60.6 Å². The van der Waals surface area contributed by atoms with Gasteiger partial charge in [0.25, 0.3) is 0 Å². The molecule has 0 saturated carbocycles. The molecule has 0 fully saturated rings. The van der Waals surface area contributed by atoms with Crippen molar-refractivity contribution in [3.63, 3.8) is 0 Å². The van der Waals surface area contributed by atoms with Gasteiger partial charge in [0.15, 0.2) is 0 Å². The van der Waals surface area contributed by atoms with Gasteiger partial charge in [-0.15, -0.1) is 0 Å². The Morgan fingerprint density at radius 2 is 1.97 bits per heavy atom. The van der Waals surface area contributed by atoms with Crippen molar-refractivity contribution in [2.45, 2.75) is 51.7 Å². The molecule has 4 rings (SSSR count). The van der Waals surface area contributed by atoms with Crippen molar-refractivity contribution in [2.75, 3.05) is 0 Å². The summed E-state index contributed by atoms with van der Waals surface area (Å²) in [5, 5.41) is 12.7. The number of hydrogen-bond donors (Lipinski definition) is 1. The van der Waals surface area contributed by atoms with E-state index in [0.717, 1.165) is 19.5 Å². The topological polar surface area (TPSA) is 53.6 Å². The number of aryl methyl sites for hydroxylation is 1. The molecule has 0 radical (unpaired) electrons. The van der Waals surface area contributed by atoms with E-state index in [1.165, 1.54) is 47.2 Å². The zero-order valence-electron chi connectivity index (χ0n) is 17.5. The molecule has 1 atom stereocenters. The predicted molar refractivity (Wildman–Crippen MR) is 121 cm³/mol. The number of nitrogens with zero attached hydrogens (tertiary/aromatic N) is 3. The maximum atomic E-state index is 8.97. The van der Waals surface area contributed by atoms with E-state index in [9.17, 15) is 0 Å². The van der Waals surface area contributed by atoms with Crippen LogP contribution in [0.25, 0.3) is 5.57 Å². The summed E-state index contributed by atoms with van der Waals surface area (Å²) in [6.45, 7) is 3.75. The van der Waals surface area contributed by atoms with Crippen LogP contribution in [0.1, 0.15) is 53.6 Å². The Morgan fingerprint density at radius 1 is 1.13 bits per heavy atom. The predicted octanol–water partition coefficient (Wildman–Crippen LogP) is 5.23. The van der Waals surface area contributed by atoms with Crippen LogP contribution in [0.4, 0.5) is 0 Å². The average molecular weight is 397 g/mol. The molecule has 1 aliphatic rings. The first-order chi connectivity index (χ1) is 14.7. The van der Waals surface area contributed by atoms with Gasteiger partial charge in [-0.1, -0.05) is 48.9 Å². The van der Waals surface area contributed by atoms with Gasteiger partial charge >= 0.3 is 0 Å². The summed E-state index contributed by atoms with van der Waals surface area (Å²) in [5.41, 5.74) is 7.24. The van der Waals surface area contributed by atoms with Crippen LogP contribution >= 0.6 is 0 Å². The van der Waals surface area contributed by atoms with Crippen molar-refractivity contribution in [2.24, 2.45) is 0 Å². The van der Waals surface area contributed by atoms with Crippen molar-refractivity contribution in [1.29, 1.82) is 5.26 Å². The van der Waals surface area contributed by atoms with Crippen LogP contribution in [0.15, 0.2) is 67.1 Å². The molecule has 2 aromatic carbocycles. The molecule has 0 amide bonds. The van der Waals surface area contributed by atoms with Crippen LogP contribution in [-0.2, 0) is 13.1 Å². The zero-order chi connectivity index (χ0) is 20.8. The van der Waals surface area contributed by atoms with E-state index in [4.69, 9.17) is 5.26 Å². The molecule has 0 bridgehead atoms. The average Bonchev–Trinajstić information content (AvgIpc) is 3.07. The molecule has 1 aliphatic carbocycles. The molecule has 152 valence electrons. The lowest BCUT2D eigenvalue weighted by Gasteiger charge is -2.16. The molecular weight excluding hydrogens is 368 g/mol. The molecule has 0 aliphatic heterocycles. The minimum atomic E-state index is 0.375. The maximum absolute atomic E-state index is 8.97. The van der Waals surface area contributed by atoms with Crippen LogP contribution in [0.2, 0.25) is 0 Å². The van der Waals surface area contributed by atoms with Crippen molar-refractivity contribution < 1.29 is 0 Å². The number of nitriles is 1. The van der Waals surface area contributed by atoms with E-state index in [1.807, 2.05) is 36.8 Å². The van der Waals surface area contributed by atoms with Gasteiger partial charge in [0.1, 0.15) is 0 Å². The van der Waals surface area contributed by atoms with Crippen LogP contribution in [0.5, 0.6) is 0 Å². The molecule has 3 aromatic rings. The van der Waals surface area contributed by atoms with Crippen LogP contribution < -0.4 is 5.32 Å². The van der Waals surface area contributed by atoms with Crippen molar-refractivity contribution in [3.05, 3.63) is 95.1 Å². The molecular formula is C26H28N4. The van der Waals surface area contributed by atoms with Crippen molar-refractivity contribution in [3.8, 4) is 6.07 Å². The van der Waals surface area contributed by atoms with Crippen molar-refractivity contribution in [1.82, 2.24) is 14.9 Å². The maximum Gasteiger partial charge on any atom is 0.0991 e. The van der Waals surface area contributed by atoms with Crippen molar-refractivity contribution >= 4 is 5.57 Å². The van der Waals surface area contributed by atoms with Gasteiger partial charge in [0.2, 0.25) is 0 Å². The third-order valence-corrected chi connectivity index (χ3v) is 5.88. The number of hydrogen-bond acceptors (Lipinski definition) is 3. The minimum Gasteiger partial charge on any atom is -0.329 e. The quantitative estimate of drug-likeness (QED) is 0.621. The molecule has 1 N–H and O–H groups in total. The summed E-state index contributed by atoms with van der Waals surface area (Å²) in [5.74, 6) is 0. The van der Waals surface area contributed by atoms with Gasteiger partial charge in [0, 0.05) is 25.3 Å². The van der Waals surface area contributed by atoms with Gasteiger partial charge in [0.05, 0.1) is 23.7 Å². The summed E-state index contributed by atoms with van der Waals surface area (Å²) in [6.07, 6.45) is 11.1. The molecule has 1 heterocycles. The first-order valence-corrected chi connectivity index (χ1v) is 10.7. The Hall–Kier alpha value is -3.16. The number of benzene rings is 2. The van der Waals surface area contributed by atoms with Gasteiger partial charge in [-0.25, -0.2) is 4.98 Å². The second-order valence-electron chi connectivity index (χ2n) is 8.06. The fourth-order valence-corrected chi connectivity index (χ4v) is 4.16. The third-order valence-electron chi connectivity index (χ3n) is 5.88.